The van der Waals surface area contributed by atoms with Gasteiger partial charge in [-0.2, -0.15) is 0 Å². The van der Waals surface area contributed by atoms with Crippen molar-refractivity contribution in [3.63, 3.8) is 0 Å². The molecule has 5 nitrogen and oxygen atoms in total. The minimum Gasteiger partial charge on any atom is -0.366 e. The molecule has 0 bridgehead atoms. The summed E-state index contributed by atoms with van der Waals surface area (Å²) < 4.78 is 11.5. The van der Waals surface area contributed by atoms with Gasteiger partial charge in [-0.15, -0.1) is 0 Å². The van der Waals surface area contributed by atoms with Gasteiger partial charge in [0.2, 0.25) is 5.76 Å². The van der Waals surface area contributed by atoms with E-state index in [9.17, 15) is 4.79 Å². The molecule has 25 heavy (non-hydrogen) atoms. The van der Waals surface area contributed by atoms with Crippen LogP contribution in [0.5, 0.6) is 0 Å². The van der Waals surface area contributed by atoms with E-state index in [1.165, 1.54) is 0 Å². The van der Waals surface area contributed by atoms with Crippen LogP contribution in [-0.4, -0.2) is 35.2 Å². The molecule has 0 saturated carbocycles. The van der Waals surface area contributed by atoms with Crippen LogP contribution in [0.15, 0.2) is 40.9 Å². The van der Waals surface area contributed by atoms with Crippen molar-refractivity contribution >= 4 is 5.91 Å². The van der Waals surface area contributed by atoms with E-state index in [4.69, 9.17) is 9.26 Å². The summed E-state index contributed by atoms with van der Waals surface area (Å²) in [4.78, 5) is 14.7. The summed E-state index contributed by atoms with van der Waals surface area (Å²) in [6, 6.07) is 11.8. The molecule has 0 radical (unpaired) electrons. The third-order valence-electron chi connectivity index (χ3n) is 4.66. The molecule has 1 aromatic carbocycles. The first kappa shape index (κ1) is 17.7. The fourth-order valence-electron chi connectivity index (χ4n) is 2.99. The van der Waals surface area contributed by atoms with Gasteiger partial charge in [0.25, 0.3) is 5.91 Å². The lowest BCUT2D eigenvalue weighted by Gasteiger charge is -2.39. The topological polar surface area (TPSA) is 55.6 Å². The van der Waals surface area contributed by atoms with Gasteiger partial charge in [-0.25, -0.2) is 0 Å². The van der Waals surface area contributed by atoms with Crippen LogP contribution in [0.2, 0.25) is 0 Å². The number of benzene rings is 1. The van der Waals surface area contributed by atoms with Crippen LogP contribution in [0.4, 0.5) is 0 Å². The number of amides is 1. The predicted molar refractivity (Wildman–Crippen MR) is 95.4 cm³/mol. The highest BCUT2D eigenvalue weighted by Crippen LogP contribution is 2.29. The van der Waals surface area contributed by atoms with Crippen LogP contribution >= 0.6 is 0 Å². The van der Waals surface area contributed by atoms with Crippen LogP contribution in [0.1, 0.15) is 61.5 Å². The van der Waals surface area contributed by atoms with Gasteiger partial charge in [-0.1, -0.05) is 63.2 Å². The number of ether oxygens (including phenoxy) is 1. The van der Waals surface area contributed by atoms with Crippen molar-refractivity contribution in [2.45, 2.75) is 45.8 Å². The Hall–Kier alpha value is -2.14. The Kier molecular flexibility index (Phi) is 5.23. The molecule has 134 valence electrons. The van der Waals surface area contributed by atoms with E-state index >= 15 is 0 Å². The lowest BCUT2D eigenvalue weighted by molar-refractivity contribution is -0.0959. The van der Waals surface area contributed by atoms with Gasteiger partial charge < -0.3 is 14.2 Å². The lowest BCUT2D eigenvalue weighted by atomic mass is 10.0. The molecular weight excluding hydrogens is 316 g/mol. The fourth-order valence-corrected chi connectivity index (χ4v) is 2.99. The number of hydrogen-bond acceptors (Lipinski definition) is 4. The number of carbonyl (C=O) groups excluding carboxylic acids is 1. The molecular formula is C20H26N2O3. The summed E-state index contributed by atoms with van der Waals surface area (Å²) in [5.41, 5.74) is 1.89. The highest BCUT2D eigenvalue weighted by Gasteiger charge is 2.34. The molecule has 1 aliphatic heterocycles. The predicted octanol–water partition coefficient (Wildman–Crippen LogP) is 4.04. The van der Waals surface area contributed by atoms with Gasteiger partial charge in [0.1, 0.15) is 6.10 Å². The SMILES string of the molecule is CC(C)c1cc(C(=O)N2C[C@@H](c3ccccc3)O[C@@H](C(C)C)C2)on1. The average molecular weight is 342 g/mol. The zero-order chi connectivity index (χ0) is 18.0. The molecule has 1 fully saturated rings. The molecule has 2 heterocycles. The molecule has 0 spiro atoms. The van der Waals surface area contributed by atoms with Crippen molar-refractivity contribution in [2.24, 2.45) is 5.92 Å². The number of rotatable bonds is 4. The third-order valence-corrected chi connectivity index (χ3v) is 4.66. The Morgan fingerprint density at radius 3 is 2.48 bits per heavy atom. The van der Waals surface area contributed by atoms with Crippen LogP contribution < -0.4 is 0 Å². The van der Waals surface area contributed by atoms with Crippen LogP contribution in [0.3, 0.4) is 0 Å². The molecule has 0 aliphatic carbocycles. The molecule has 1 amide bonds. The summed E-state index contributed by atoms with van der Waals surface area (Å²) >= 11 is 0. The maximum absolute atomic E-state index is 12.9. The van der Waals surface area contributed by atoms with E-state index in [-0.39, 0.29) is 24.0 Å². The van der Waals surface area contributed by atoms with Crippen molar-refractivity contribution in [1.29, 1.82) is 0 Å². The summed E-state index contributed by atoms with van der Waals surface area (Å²) in [5.74, 6) is 0.743. The first-order chi connectivity index (χ1) is 12.0. The second-order valence-electron chi connectivity index (χ2n) is 7.30. The minimum atomic E-state index is -0.126. The summed E-state index contributed by atoms with van der Waals surface area (Å²) in [7, 11) is 0. The zero-order valence-corrected chi connectivity index (χ0v) is 15.3. The van der Waals surface area contributed by atoms with E-state index in [2.05, 4.69) is 19.0 Å². The Labute approximate surface area is 148 Å². The largest absolute Gasteiger partial charge is 0.366 e. The normalized spacial score (nSPS) is 21.1. The van der Waals surface area contributed by atoms with Crippen molar-refractivity contribution in [3.05, 3.63) is 53.4 Å². The highest BCUT2D eigenvalue weighted by molar-refractivity contribution is 5.91. The van der Waals surface area contributed by atoms with Gasteiger partial charge in [-0.05, 0) is 17.4 Å². The van der Waals surface area contributed by atoms with Gasteiger partial charge >= 0.3 is 0 Å². The first-order valence-corrected chi connectivity index (χ1v) is 8.92. The molecule has 0 unspecified atom stereocenters. The summed E-state index contributed by atoms with van der Waals surface area (Å²) in [5, 5.41) is 4.01. The van der Waals surface area contributed by atoms with Gasteiger partial charge in [-0.3, -0.25) is 4.79 Å². The maximum atomic E-state index is 12.9. The average Bonchev–Trinajstić information content (AvgIpc) is 3.12. The van der Waals surface area contributed by atoms with E-state index in [1.807, 2.05) is 49.1 Å². The zero-order valence-electron chi connectivity index (χ0n) is 15.3. The molecule has 1 saturated heterocycles. The van der Waals surface area contributed by atoms with Gasteiger partial charge in [0.05, 0.1) is 18.3 Å². The lowest BCUT2D eigenvalue weighted by Crippen LogP contribution is -2.48. The second kappa shape index (κ2) is 7.40. The fraction of sp³-hybridized carbons (Fsp3) is 0.500. The van der Waals surface area contributed by atoms with Crippen molar-refractivity contribution in [1.82, 2.24) is 10.1 Å². The Morgan fingerprint density at radius 1 is 1.16 bits per heavy atom. The standard InChI is InChI=1S/C20H26N2O3/c1-13(2)16-10-17(25-21-16)20(23)22-11-18(14(3)4)24-19(12-22)15-8-6-5-7-9-15/h5-10,13-14,18-19H,11-12H2,1-4H3/t18-,19+/m1/s1. The maximum Gasteiger partial charge on any atom is 0.292 e. The highest BCUT2D eigenvalue weighted by atomic mass is 16.5. The second-order valence-corrected chi connectivity index (χ2v) is 7.30. The number of nitrogens with zero attached hydrogens (tertiary/aromatic N) is 2. The number of hydrogen-bond donors (Lipinski definition) is 0. The van der Waals surface area contributed by atoms with E-state index in [0.717, 1.165) is 11.3 Å². The van der Waals surface area contributed by atoms with Crippen molar-refractivity contribution in [2.75, 3.05) is 13.1 Å². The number of carbonyl (C=O) groups is 1. The molecule has 1 aromatic heterocycles. The number of morpholine rings is 1. The minimum absolute atomic E-state index is 0.00426. The molecule has 0 N–H and O–H groups in total. The monoisotopic (exact) mass is 342 g/mol. The summed E-state index contributed by atoms with van der Waals surface area (Å²) in [6.07, 6.45) is -0.130. The smallest absolute Gasteiger partial charge is 0.292 e. The van der Waals surface area contributed by atoms with E-state index in [0.29, 0.717) is 24.8 Å². The van der Waals surface area contributed by atoms with E-state index < -0.39 is 0 Å². The first-order valence-electron chi connectivity index (χ1n) is 8.92. The number of aromatic nitrogens is 1. The third kappa shape index (κ3) is 3.93. The van der Waals surface area contributed by atoms with Gasteiger partial charge in [0, 0.05) is 12.6 Å². The Balaban J connectivity index is 1.82. The molecule has 1 aliphatic rings. The molecule has 5 heteroatoms. The molecule has 2 aromatic rings. The van der Waals surface area contributed by atoms with Crippen LogP contribution in [0, 0.1) is 5.92 Å². The van der Waals surface area contributed by atoms with Crippen LogP contribution in [0.25, 0.3) is 0 Å². The van der Waals surface area contributed by atoms with Gasteiger partial charge in [0.15, 0.2) is 0 Å². The molecule has 3 rings (SSSR count). The Morgan fingerprint density at radius 2 is 1.88 bits per heavy atom. The van der Waals surface area contributed by atoms with Crippen molar-refractivity contribution < 1.29 is 14.1 Å². The van der Waals surface area contributed by atoms with Crippen LogP contribution in [-0.2, 0) is 4.74 Å². The Bertz CT molecular complexity index is 709. The summed E-state index contributed by atoms with van der Waals surface area (Å²) in [6.45, 7) is 9.38. The van der Waals surface area contributed by atoms with Crippen molar-refractivity contribution in [3.8, 4) is 0 Å². The molecule has 2 atom stereocenters. The van der Waals surface area contributed by atoms with E-state index in [1.54, 1.807) is 6.07 Å². The quantitative estimate of drug-likeness (QED) is 0.841.